The molecule has 1 atom stereocenters. The first-order chi connectivity index (χ1) is 8.40. The molecule has 2 aromatic heterocycles. The van der Waals surface area contributed by atoms with Crippen molar-refractivity contribution in [1.82, 2.24) is 9.97 Å². The van der Waals surface area contributed by atoms with Crippen LogP contribution in [0.1, 0.15) is 23.2 Å². The van der Waals surface area contributed by atoms with Gasteiger partial charge in [0.1, 0.15) is 16.5 Å². The van der Waals surface area contributed by atoms with Gasteiger partial charge in [-0.3, -0.25) is 0 Å². The average Bonchev–Trinajstić information content (AvgIpc) is 2.54. The summed E-state index contributed by atoms with van der Waals surface area (Å²) in [5.41, 5.74) is 1.09. The molecule has 96 valence electrons. The molecule has 0 unspecified atom stereocenters. The number of aromatic nitrogens is 2. The Balaban J connectivity index is 2.58. The summed E-state index contributed by atoms with van der Waals surface area (Å²) in [4.78, 5) is 21.5. The fourth-order valence-electron chi connectivity index (χ4n) is 1.72. The van der Waals surface area contributed by atoms with Gasteiger partial charge in [0.25, 0.3) is 0 Å². The van der Waals surface area contributed by atoms with E-state index < -0.39 is 12.0 Å². The van der Waals surface area contributed by atoms with Crippen molar-refractivity contribution in [1.29, 1.82) is 0 Å². The van der Waals surface area contributed by atoms with Crippen LogP contribution in [0.2, 0.25) is 0 Å². The highest BCUT2D eigenvalue weighted by Crippen LogP contribution is 2.33. The van der Waals surface area contributed by atoms with Crippen LogP contribution < -0.4 is 10.4 Å². The van der Waals surface area contributed by atoms with Crippen LogP contribution in [0, 0.1) is 20.8 Å². The quantitative estimate of drug-likeness (QED) is 0.900. The summed E-state index contributed by atoms with van der Waals surface area (Å²) in [6.45, 7) is 7.33. The summed E-state index contributed by atoms with van der Waals surface area (Å²) in [7, 11) is 0. The molecule has 0 amide bonds. The Hall–Kier alpha value is -1.69. The first-order valence-electron chi connectivity index (χ1n) is 5.62. The van der Waals surface area contributed by atoms with Crippen molar-refractivity contribution >= 4 is 33.3 Å². The minimum absolute atomic E-state index is 0.566. The first kappa shape index (κ1) is 12.8. The van der Waals surface area contributed by atoms with E-state index in [1.807, 2.05) is 13.8 Å². The number of thiophene rings is 1. The molecule has 0 bridgehead atoms. The maximum Gasteiger partial charge on any atom is 0.139 e. The number of rotatable bonds is 3. The Bertz CT molecular complexity index is 621. The third kappa shape index (κ3) is 2.15. The number of fused-ring (bicyclic) bond motifs is 1. The highest BCUT2D eigenvalue weighted by Gasteiger charge is 2.15. The molecule has 18 heavy (non-hydrogen) atoms. The fraction of sp³-hybridized carbons (Fsp3) is 0.417. The minimum Gasteiger partial charge on any atom is -0.548 e. The molecule has 0 fully saturated rings. The fourth-order valence-corrected chi connectivity index (χ4v) is 2.80. The van der Waals surface area contributed by atoms with Crippen LogP contribution in [0.3, 0.4) is 0 Å². The standard InChI is InChI=1S/C12H15N3O2S/c1-5-7(3)18-11-9(5)10(14-8(4)15-11)13-6(2)12(16)17/h6H,1-4H3,(H,16,17)(H,13,14,15)/p-1/t6-/m1/s1. The Morgan fingerprint density at radius 1 is 1.33 bits per heavy atom. The van der Waals surface area contributed by atoms with Gasteiger partial charge in [0, 0.05) is 4.88 Å². The molecule has 1 N–H and O–H groups in total. The predicted octanol–water partition coefficient (Wildman–Crippen LogP) is 1.17. The van der Waals surface area contributed by atoms with Crippen molar-refractivity contribution in [3.05, 3.63) is 16.3 Å². The van der Waals surface area contributed by atoms with Crippen LogP contribution in [0.5, 0.6) is 0 Å². The van der Waals surface area contributed by atoms with Crippen molar-refractivity contribution in [2.24, 2.45) is 0 Å². The lowest BCUT2D eigenvalue weighted by Gasteiger charge is -2.16. The van der Waals surface area contributed by atoms with Gasteiger partial charge >= 0.3 is 0 Å². The van der Waals surface area contributed by atoms with Gasteiger partial charge in [0.2, 0.25) is 0 Å². The van der Waals surface area contributed by atoms with E-state index in [0.717, 1.165) is 20.7 Å². The van der Waals surface area contributed by atoms with Crippen LogP contribution in [-0.4, -0.2) is 22.0 Å². The number of nitrogens with one attached hydrogen (secondary N) is 1. The summed E-state index contributed by atoms with van der Waals surface area (Å²) in [5, 5.41) is 14.6. The van der Waals surface area contributed by atoms with Crippen LogP contribution in [0.15, 0.2) is 0 Å². The van der Waals surface area contributed by atoms with E-state index in [1.165, 1.54) is 6.92 Å². The number of aryl methyl sites for hydroxylation is 3. The molecule has 2 aromatic rings. The van der Waals surface area contributed by atoms with Crippen molar-refractivity contribution in [3.63, 3.8) is 0 Å². The maximum atomic E-state index is 10.8. The van der Waals surface area contributed by atoms with Crippen molar-refractivity contribution in [2.45, 2.75) is 33.7 Å². The molecular weight excluding hydrogens is 250 g/mol. The van der Waals surface area contributed by atoms with E-state index in [4.69, 9.17) is 0 Å². The van der Waals surface area contributed by atoms with Gasteiger partial charge in [-0.2, -0.15) is 0 Å². The second-order valence-electron chi connectivity index (χ2n) is 4.27. The smallest absolute Gasteiger partial charge is 0.139 e. The molecule has 0 aliphatic rings. The first-order valence-corrected chi connectivity index (χ1v) is 6.43. The Labute approximate surface area is 109 Å². The lowest BCUT2D eigenvalue weighted by atomic mass is 10.2. The monoisotopic (exact) mass is 264 g/mol. The normalized spacial score (nSPS) is 12.7. The molecule has 0 aromatic carbocycles. The van der Waals surface area contributed by atoms with Gasteiger partial charge in [-0.05, 0) is 33.3 Å². The SMILES string of the molecule is Cc1nc(N[C@H](C)C(=O)[O-])c2c(C)c(C)sc2n1. The van der Waals surface area contributed by atoms with Gasteiger partial charge in [-0.1, -0.05) is 0 Å². The summed E-state index contributed by atoms with van der Waals surface area (Å²) in [6.07, 6.45) is 0. The average molecular weight is 264 g/mol. The molecular formula is C12H14N3O2S-. The number of carbonyl (C=O) groups excluding carboxylic acids is 1. The number of hydrogen-bond donors (Lipinski definition) is 1. The topological polar surface area (TPSA) is 77.9 Å². The summed E-state index contributed by atoms with van der Waals surface area (Å²) in [5.74, 6) is 0.0388. The largest absolute Gasteiger partial charge is 0.548 e. The zero-order chi connectivity index (χ0) is 13.4. The lowest BCUT2D eigenvalue weighted by Crippen LogP contribution is -2.38. The molecule has 6 heteroatoms. The van der Waals surface area contributed by atoms with E-state index in [9.17, 15) is 9.90 Å². The number of anilines is 1. The zero-order valence-corrected chi connectivity index (χ0v) is 11.5. The number of carboxylic acids is 1. The summed E-state index contributed by atoms with van der Waals surface area (Å²) < 4.78 is 0. The van der Waals surface area contributed by atoms with Crippen molar-refractivity contribution in [2.75, 3.05) is 5.32 Å². The van der Waals surface area contributed by atoms with Gasteiger partial charge in [0.15, 0.2) is 0 Å². The van der Waals surface area contributed by atoms with E-state index in [0.29, 0.717) is 11.6 Å². The van der Waals surface area contributed by atoms with Gasteiger partial charge in [0.05, 0.1) is 17.4 Å². The second-order valence-corrected chi connectivity index (χ2v) is 5.47. The molecule has 0 radical (unpaired) electrons. The number of carbonyl (C=O) groups is 1. The maximum absolute atomic E-state index is 10.8. The minimum atomic E-state index is -1.15. The molecule has 0 saturated heterocycles. The van der Waals surface area contributed by atoms with Gasteiger partial charge in [-0.15, -0.1) is 11.3 Å². The molecule has 0 aliphatic heterocycles. The molecule has 2 rings (SSSR count). The van der Waals surface area contributed by atoms with Crippen molar-refractivity contribution in [3.8, 4) is 0 Å². The van der Waals surface area contributed by atoms with E-state index in [2.05, 4.69) is 15.3 Å². The highest BCUT2D eigenvalue weighted by molar-refractivity contribution is 7.18. The van der Waals surface area contributed by atoms with E-state index in [1.54, 1.807) is 18.3 Å². The van der Waals surface area contributed by atoms with E-state index in [-0.39, 0.29) is 0 Å². The van der Waals surface area contributed by atoms with Crippen LogP contribution in [-0.2, 0) is 4.79 Å². The van der Waals surface area contributed by atoms with Crippen molar-refractivity contribution < 1.29 is 9.90 Å². The summed E-state index contributed by atoms with van der Waals surface area (Å²) >= 11 is 1.59. The predicted molar refractivity (Wildman–Crippen MR) is 69.7 cm³/mol. The highest BCUT2D eigenvalue weighted by atomic mass is 32.1. The molecule has 0 saturated carbocycles. The third-order valence-electron chi connectivity index (χ3n) is 2.85. The summed E-state index contributed by atoms with van der Waals surface area (Å²) in [6, 6.07) is -0.790. The number of nitrogens with zero attached hydrogens (tertiary/aromatic N) is 2. The third-order valence-corrected chi connectivity index (χ3v) is 3.95. The number of hydrogen-bond acceptors (Lipinski definition) is 6. The Morgan fingerprint density at radius 2 is 2.00 bits per heavy atom. The zero-order valence-electron chi connectivity index (χ0n) is 10.7. The Kier molecular flexibility index (Phi) is 3.21. The van der Waals surface area contributed by atoms with Gasteiger partial charge in [-0.25, -0.2) is 9.97 Å². The van der Waals surface area contributed by atoms with Crippen LogP contribution >= 0.6 is 11.3 Å². The number of aliphatic carboxylic acids is 1. The van der Waals surface area contributed by atoms with Gasteiger partial charge < -0.3 is 15.2 Å². The van der Waals surface area contributed by atoms with Crippen LogP contribution in [0.4, 0.5) is 5.82 Å². The second kappa shape index (κ2) is 4.53. The molecule has 0 spiro atoms. The molecule has 0 aliphatic carbocycles. The number of carboxylic acid groups (broad SMARTS) is 1. The van der Waals surface area contributed by atoms with Crippen LogP contribution in [0.25, 0.3) is 10.2 Å². The Morgan fingerprint density at radius 3 is 2.61 bits per heavy atom. The molecule has 5 nitrogen and oxygen atoms in total. The molecule has 2 heterocycles. The van der Waals surface area contributed by atoms with E-state index >= 15 is 0 Å². The lowest BCUT2D eigenvalue weighted by molar-refractivity contribution is -0.306.